The van der Waals surface area contributed by atoms with Gasteiger partial charge in [-0.05, 0) is 66.5 Å². The third kappa shape index (κ3) is 3.91. The predicted octanol–water partition coefficient (Wildman–Crippen LogP) is 5.47. The topological polar surface area (TPSA) is 44.0 Å². The van der Waals surface area contributed by atoms with E-state index in [1.807, 2.05) is 104 Å². The Labute approximate surface area is 178 Å². The van der Waals surface area contributed by atoms with Crippen LogP contribution in [0.2, 0.25) is 0 Å². The van der Waals surface area contributed by atoms with E-state index in [1.165, 1.54) is 4.57 Å². The Morgan fingerprint density at radius 3 is 1.40 bits per heavy atom. The zero-order chi connectivity index (χ0) is 22.4. The minimum Gasteiger partial charge on any atom is -0.287 e. The van der Waals surface area contributed by atoms with Crippen LogP contribution in [0.1, 0.15) is 52.7 Å². The maximum Gasteiger partial charge on any atom is 0.332 e. The van der Waals surface area contributed by atoms with Crippen LogP contribution in [0.4, 0.5) is 0 Å². The van der Waals surface area contributed by atoms with E-state index in [4.69, 9.17) is 0 Å². The lowest BCUT2D eigenvalue weighted by molar-refractivity contribution is 0.315. The van der Waals surface area contributed by atoms with Gasteiger partial charge >= 0.3 is 5.69 Å². The lowest BCUT2D eigenvalue weighted by Crippen LogP contribution is -2.52. The van der Waals surface area contributed by atoms with Crippen molar-refractivity contribution < 1.29 is 0 Å². The first-order valence-electron chi connectivity index (χ1n) is 10.4. The van der Waals surface area contributed by atoms with Crippen LogP contribution >= 0.6 is 0 Å². The monoisotopic (exact) mass is 404 g/mol. The Hall–Kier alpha value is -2.88. The summed E-state index contributed by atoms with van der Waals surface area (Å²) in [5, 5.41) is 0. The van der Waals surface area contributed by atoms with Gasteiger partial charge in [-0.2, -0.15) is 0 Å². The molecular weight excluding hydrogens is 372 g/mol. The number of aromatic nitrogens is 2. The van der Waals surface area contributed by atoms with Gasteiger partial charge in [0.15, 0.2) is 0 Å². The van der Waals surface area contributed by atoms with Crippen molar-refractivity contribution in [2.75, 3.05) is 0 Å². The smallest absolute Gasteiger partial charge is 0.287 e. The van der Waals surface area contributed by atoms with Crippen LogP contribution in [0.25, 0.3) is 22.4 Å². The second-order valence-electron chi connectivity index (χ2n) is 10.1. The van der Waals surface area contributed by atoms with Crippen molar-refractivity contribution in [3.63, 3.8) is 0 Å². The largest absolute Gasteiger partial charge is 0.332 e. The predicted molar refractivity (Wildman–Crippen MR) is 125 cm³/mol. The van der Waals surface area contributed by atoms with Crippen LogP contribution in [-0.4, -0.2) is 9.13 Å². The molecule has 0 bridgehead atoms. The highest BCUT2D eigenvalue weighted by Gasteiger charge is 2.31. The Bertz CT molecular complexity index is 1180. The Kier molecular flexibility index (Phi) is 5.40. The van der Waals surface area contributed by atoms with E-state index in [0.717, 1.165) is 22.3 Å². The van der Waals surface area contributed by atoms with Crippen LogP contribution in [0.15, 0.2) is 58.1 Å². The molecule has 0 saturated carbocycles. The molecule has 0 N–H and O–H groups in total. The minimum atomic E-state index is -0.646. The second kappa shape index (κ2) is 7.42. The zero-order valence-electron chi connectivity index (χ0n) is 19.3. The van der Waals surface area contributed by atoms with Gasteiger partial charge in [-0.25, -0.2) is 4.79 Å². The SMILES string of the molecule is Cc1ccc(-c2c(-c3ccc(C)cc3)n(C(C)(C)C)c(=O)n(C(C)(C)C)c2=O)cc1. The van der Waals surface area contributed by atoms with Gasteiger partial charge in [0.05, 0.1) is 11.3 Å². The molecule has 0 aliphatic carbocycles. The molecule has 30 heavy (non-hydrogen) atoms. The fraction of sp³-hybridized carbons (Fsp3) is 0.385. The standard InChI is InChI=1S/C26H32N2O2/c1-17-9-13-19(14-10-17)21-22(20-15-11-18(2)12-16-20)27(25(3,4)5)24(30)28(23(21)29)26(6,7)8/h9-16H,1-8H3. The van der Waals surface area contributed by atoms with Gasteiger partial charge in [-0.15, -0.1) is 0 Å². The molecule has 0 spiro atoms. The van der Waals surface area contributed by atoms with Crippen molar-refractivity contribution in [3.8, 4) is 22.4 Å². The van der Waals surface area contributed by atoms with E-state index in [1.54, 1.807) is 4.57 Å². The van der Waals surface area contributed by atoms with Crippen LogP contribution in [0.3, 0.4) is 0 Å². The maximum absolute atomic E-state index is 13.8. The Balaban J connectivity index is 2.62. The maximum atomic E-state index is 13.8. The van der Waals surface area contributed by atoms with Gasteiger partial charge < -0.3 is 0 Å². The first-order chi connectivity index (χ1) is 13.8. The van der Waals surface area contributed by atoms with Crippen molar-refractivity contribution in [1.82, 2.24) is 9.13 Å². The number of aryl methyl sites for hydroxylation is 2. The van der Waals surface area contributed by atoms with E-state index in [9.17, 15) is 9.59 Å². The molecule has 0 radical (unpaired) electrons. The van der Waals surface area contributed by atoms with Gasteiger partial charge in [0.1, 0.15) is 0 Å². The molecule has 3 aromatic rings. The van der Waals surface area contributed by atoms with Crippen LogP contribution < -0.4 is 11.2 Å². The molecule has 158 valence electrons. The molecule has 0 unspecified atom stereocenters. The Morgan fingerprint density at radius 2 is 1.00 bits per heavy atom. The summed E-state index contributed by atoms with van der Waals surface area (Å²) in [6, 6.07) is 15.9. The fourth-order valence-electron chi connectivity index (χ4n) is 3.79. The summed E-state index contributed by atoms with van der Waals surface area (Å²) < 4.78 is 3.17. The van der Waals surface area contributed by atoms with Gasteiger partial charge in [-0.1, -0.05) is 59.7 Å². The van der Waals surface area contributed by atoms with Gasteiger partial charge in [0.25, 0.3) is 5.56 Å². The molecule has 2 aromatic carbocycles. The summed E-state index contributed by atoms with van der Waals surface area (Å²) in [4.78, 5) is 27.5. The molecular formula is C26H32N2O2. The van der Waals surface area contributed by atoms with E-state index in [2.05, 4.69) is 0 Å². The number of nitrogens with zero attached hydrogens (tertiary/aromatic N) is 2. The molecule has 0 aliphatic rings. The van der Waals surface area contributed by atoms with Crippen molar-refractivity contribution in [2.45, 2.75) is 66.5 Å². The van der Waals surface area contributed by atoms with Crippen molar-refractivity contribution in [3.05, 3.63) is 80.5 Å². The summed E-state index contributed by atoms with van der Waals surface area (Å²) in [5.41, 5.74) is 3.45. The summed E-state index contributed by atoms with van der Waals surface area (Å²) in [6.07, 6.45) is 0. The third-order valence-corrected chi connectivity index (χ3v) is 5.27. The van der Waals surface area contributed by atoms with E-state index >= 15 is 0 Å². The highest BCUT2D eigenvalue weighted by molar-refractivity contribution is 5.81. The van der Waals surface area contributed by atoms with E-state index in [0.29, 0.717) is 11.3 Å². The quantitative estimate of drug-likeness (QED) is 0.568. The molecule has 0 amide bonds. The lowest BCUT2D eigenvalue weighted by atomic mass is 9.95. The molecule has 0 saturated heterocycles. The van der Waals surface area contributed by atoms with Gasteiger partial charge in [-0.3, -0.25) is 13.9 Å². The van der Waals surface area contributed by atoms with E-state index in [-0.39, 0.29) is 11.2 Å². The molecule has 1 heterocycles. The van der Waals surface area contributed by atoms with Crippen LogP contribution in [0.5, 0.6) is 0 Å². The molecule has 0 aliphatic heterocycles. The second-order valence-corrected chi connectivity index (χ2v) is 10.1. The normalized spacial score (nSPS) is 12.3. The van der Waals surface area contributed by atoms with Gasteiger partial charge in [0.2, 0.25) is 0 Å². The summed E-state index contributed by atoms with van der Waals surface area (Å²) >= 11 is 0. The highest BCUT2D eigenvalue weighted by Crippen LogP contribution is 2.33. The van der Waals surface area contributed by atoms with Crippen molar-refractivity contribution in [2.24, 2.45) is 0 Å². The van der Waals surface area contributed by atoms with Gasteiger partial charge in [0, 0.05) is 11.1 Å². The van der Waals surface area contributed by atoms with E-state index < -0.39 is 11.1 Å². The van der Waals surface area contributed by atoms with Crippen LogP contribution in [-0.2, 0) is 11.1 Å². The number of benzene rings is 2. The van der Waals surface area contributed by atoms with Crippen molar-refractivity contribution >= 4 is 0 Å². The number of rotatable bonds is 2. The molecule has 0 atom stereocenters. The molecule has 3 rings (SSSR count). The first-order valence-corrected chi connectivity index (χ1v) is 10.4. The summed E-state index contributed by atoms with van der Waals surface area (Å²) in [6.45, 7) is 15.7. The summed E-state index contributed by atoms with van der Waals surface area (Å²) in [7, 11) is 0. The minimum absolute atomic E-state index is 0.257. The fourth-order valence-corrected chi connectivity index (χ4v) is 3.79. The Morgan fingerprint density at radius 1 is 0.600 bits per heavy atom. The lowest BCUT2D eigenvalue weighted by Gasteiger charge is -2.32. The highest BCUT2D eigenvalue weighted by atomic mass is 16.2. The average Bonchev–Trinajstić information content (AvgIpc) is 2.60. The average molecular weight is 405 g/mol. The number of hydrogen-bond acceptors (Lipinski definition) is 2. The number of hydrogen-bond donors (Lipinski definition) is 0. The van der Waals surface area contributed by atoms with Crippen LogP contribution in [0, 0.1) is 13.8 Å². The molecule has 4 nitrogen and oxygen atoms in total. The zero-order valence-corrected chi connectivity index (χ0v) is 19.3. The first kappa shape index (κ1) is 21.8. The molecule has 0 fully saturated rings. The molecule has 1 aromatic heterocycles. The van der Waals surface area contributed by atoms with Crippen molar-refractivity contribution in [1.29, 1.82) is 0 Å². The summed E-state index contributed by atoms with van der Waals surface area (Å²) in [5.74, 6) is 0. The molecule has 4 heteroatoms. The third-order valence-electron chi connectivity index (χ3n) is 5.27.